The van der Waals surface area contributed by atoms with Crippen molar-refractivity contribution in [1.82, 2.24) is 15.6 Å². The van der Waals surface area contributed by atoms with E-state index in [1.807, 2.05) is 11.9 Å². The summed E-state index contributed by atoms with van der Waals surface area (Å²) >= 11 is 1.56. The van der Waals surface area contributed by atoms with Crippen molar-refractivity contribution in [2.75, 3.05) is 12.8 Å². The van der Waals surface area contributed by atoms with Crippen LogP contribution in [0, 0.1) is 11.8 Å². The third-order valence-corrected chi connectivity index (χ3v) is 8.38. The lowest BCUT2D eigenvalue weighted by molar-refractivity contribution is -0.141. The number of ketones is 1. The van der Waals surface area contributed by atoms with E-state index in [2.05, 4.69) is 29.7 Å². The highest BCUT2D eigenvalue weighted by Gasteiger charge is 2.37. The average molecular weight is 473 g/mol. The van der Waals surface area contributed by atoms with Crippen molar-refractivity contribution in [1.29, 1.82) is 0 Å². The number of halogens is 1. The number of hydrazone groups is 1. The maximum absolute atomic E-state index is 13.1. The third kappa shape index (κ3) is 6.60. The van der Waals surface area contributed by atoms with Gasteiger partial charge in [0.25, 0.3) is 0 Å². The summed E-state index contributed by atoms with van der Waals surface area (Å²) in [5, 5.41) is 7.86. The van der Waals surface area contributed by atoms with Crippen LogP contribution in [-0.4, -0.2) is 52.0 Å². The van der Waals surface area contributed by atoms with Crippen LogP contribution in [0.15, 0.2) is 5.10 Å². The van der Waals surface area contributed by atoms with Crippen molar-refractivity contribution in [3.63, 3.8) is 0 Å². The van der Waals surface area contributed by atoms with Crippen LogP contribution in [0.1, 0.15) is 78.1 Å². The first-order valence-electron chi connectivity index (χ1n) is 11.4. The fourth-order valence-corrected chi connectivity index (χ4v) is 5.82. The predicted octanol–water partition coefficient (Wildman–Crippen LogP) is 3.47. The summed E-state index contributed by atoms with van der Waals surface area (Å²) in [5.41, 5.74) is 2.41. The number of nitrogens with one attached hydrogen (secondary N) is 2. The Morgan fingerprint density at radius 2 is 1.61 bits per heavy atom. The van der Waals surface area contributed by atoms with E-state index in [1.165, 1.54) is 6.42 Å². The number of amides is 2. The molecule has 1 aliphatic heterocycles. The topological polar surface area (TPSA) is 90.9 Å². The highest BCUT2D eigenvalue weighted by Crippen LogP contribution is 2.31. The van der Waals surface area contributed by atoms with Crippen LogP contribution < -0.4 is 10.7 Å². The lowest BCUT2D eigenvalue weighted by atomic mass is 9.81. The number of rotatable bonds is 6. The smallest absolute Gasteiger partial charge is 0.309 e. The van der Waals surface area contributed by atoms with Crippen molar-refractivity contribution >= 4 is 46.9 Å². The van der Waals surface area contributed by atoms with Crippen LogP contribution in [0.5, 0.6) is 0 Å². The summed E-state index contributed by atoms with van der Waals surface area (Å²) in [5.74, 6) is -0.508. The molecule has 0 aromatic carbocycles. The third-order valence-electron chi connectivity index (χ3n) is 6.90. The molecule has 2 aliphatic carbocycles. The molecule has 2 saturated carbocycles. The number of thioether (sulfide) groups is 1. The van der Waals surface area contributed by atoms with Crippen LogP contribution in [0.25, 0.3) is 0 Å². The lowest BCUT2D eigenvalue weighted by Crippen LogP contribution is -2.52. The largest absolute Gasteiger partial charge is 0.347 e. The highest BCUT2D eigenvalue weighted by molar-refractivity contribution is 8.14. The van der Waals surface area contributed by atoms with E-state index in [4.69, 9.17) is 0 Å². The van der Waals surface area contributed by atoms with E-state index >= 15 is 0 Å². The number of carbonyl (C=O) groups is 3. The minimum atomic E-state index is -0.745. The number of hydrogen-bond acceptors (Lipinski definition) is 5. The Hall–Kier alpha value is -1.28. The Balaban J connectivity index is 0.00000341. The van der Waals surface area contributed by atoms with Crippen molar-refractivity contribution in [3.8, 4) is 0 Å². The first kappa shape index (κ1) is 26.0. The Labute approximate surface area is 196 Å². The van der Waals surface area contributed by atoms with Crippen molar-refractivity contribution < 1.29 is 14.4 Å². The molecule has 0 aromatic heterocycles. The molecule has 0 radical (unpaired) electrons. The number of Topliss-reactive ketones (excluding diaryl/α,β-unsaturated/α-hetero) is 1. The SMILES string of the molecule is CN1/C(=N/NC(=O)C(=O)C(NC(=O)C2CCCCC2)C2CCCCC2)SCC1(C)C.Cl. The Kier molecular flexibility index (Phi) is 9.67. The van der Waals surface area contributed by atoms with Crippen molar-refractivity contribution in [2.45, 2.75) is 89.6 Å². The van der Waals surface area contributed by atoms with Crippen LogP contribution in [0.4, 0.5) is 0 Å². The van der Waals surface area contributed by atoms with Gasteiger partial charge in [-0.15, -0.1) is 17.5 Å². The van der Waals surface area contributed by atoms with Gasteiger partial charge < -0.3 is 10.2 Å². The van der Waals surface area contributed by atoms with Crippen molar-refractivity contribution in [2.24, 2.45) is 16.9 Å². The zero-order valence-corrected chi connectivity index (χ0v) is 20.6. The molecule has 0 spiro atoms. The van der Waals surface area contributed by atoms with Crippen LogP contribution in [0.3, 0.4) is 0 Å². The van der Waals surface area contributed by atoms with E-state index in [9.17, 15) is 14.4 Å². The lowest BCUT2D eigenvalue weighted by Gasteiger charge is -2.31. The second-order valence-corrected chi connectivity index (χ2v) is 10.5. The summed E-state index contributed by atoms with van der Waals surface area (Å²) in [6.45, 7) is 4.21. The summed E-state index contributed by atoms with van der Waals surface area (Å²) in [6, 6.07) is -0.745. The number of carbonyl (C=O) groups excluding carboxylic acids is 3. The van der Waals surface area contributed by atoms with Crippen LogP contribution in [-0.2, 0) is 14.4 Å². The molecule has 176 valence electrons. The molecule has 2 amide bonds. The molecule has 7 nitrogen and oxygen atoms in total. The molecule has 9 heteroatoms. The van der Waals surface area contributed by atoms with Gasteiger partial charge in [0, 0.05) is 24.3 Å². The van der Waals surface area contributed by atoms with E-state index in [0.29, 0.717) is 5.17 Å². The van der Waals surface area contributed by atoms with Gasteiger partial charge in [-0.3, -0.25) is 14.4 Å². The normalized spacial score (nSPS) is 24.4. The number of amidine groups is 1. The zero-order chi connectivity index (χ0) is 21.7. The zero-order valence-electron chi connectivity index (χ0n) is 18.9. The molecular formula is C22H37ClN4O3S. The van der Waals surface area contributed by atoms with Gasteiger partial charge in [0.15, 0.2) is 5.17 Å². The maximum atomic E-state index is 13.1. The second kappa shape index (κ2) is 11.5. The van der Waals surface area contributed by atoms with Gasteiger partial charge >= 0.3 is 5.91 Å². The first-order valence-corrected chi connectivity index (χ1v) is 12.4. The molecule has 31 heavy (non-hydrogen) atoms. The molecule has 0 bridgehead atoms. The first-order chi connectivity index (χ1) is 14.3. The predicted molar refractivity (Wildman–Crippen MR) is 127 cm³/mol. The summed E-state index contributed by atoms with van der Waals surface area (Å²) in [4.78, 5) is 40.6. The summed E-state index contributed by atoms with van der Waals surface area (Å²) in [7, 11) is 1.93. The van der Waals surface area contributed by atoms with E-state index in [1.54, 1.807) is 11.8 Å². The standard InChI is InChI=1S/C22H36N4O3S.ClH/c1-22(2)14-30-21(26(22)3)25-24-20(29)18(27)17(15-10-6-4-7-11-15)23-19(28)16-12-8-5-9-13-16;/h15-17H,4-14H2,1-3H3,(H,23,28)(H,24,29);1H/b25-21-;. The van der Waals surface area contributed by atoms with Gasteiger partial charge in [0.2, 0.25) is 11.7 Å². The quantitative estimate of drug-likeness (QED) is 0.456. The number of nitrogens with zero attached hydrogens (tertiary/aromatic N) is 2. The highest BCUT2D eigenvalue weighted by atomic mass is 35.5. The van der Waals surface area contributed by atoms with Gasteiger partial charge in [-0.05, 0) is 45.4 Å². The maximum Gasteiger partial charge on any atom is 0.309 e. The van der Waals surface area contributed by atoms with Gasteiger partial charge in [-0.25, -0.2) is 5.43 Å². The van der Waals surface area contributed by atoms with Crippen LogP contribution in [0.2, 0.25) is 0 Å². The Morgan fingerprint density at radius 3 is 2.16 bits per heavy atom. The Morgan fingerprint density at radius 1 is 1.03 bits per heavy atom. The van der Waals surface area contributed by atoms with E-state index < -0.39 is 17.7 Å². The fourth-order valence-electron chi connectivity index (χ4n) is 4.60. The van der Waals surface area contributed by atoms with Crippen molar-refractivity contribution in [3.05, 3.63) is 0 Å². The molecule has 0 aromatic rings. The fraction of sp³-hybridized carbons (Fsp3) is 0.818. The Bertz CT molecular complexity index is 688. The summed E-state index contributed by atoms with van der Waals surface area (Å²) in [6.07, 6.45) is 9.98. The average Bonchev–Trinajstić information content (AvgIpc) is 3.03. The molecule has 1 atom stereocenters. The second-order valence-electron chi connectivity index (χ2n) is 9.58. The molecule has 3 aliphatic rings. The van der Waals surface area contributed by atoms with Crippen LogP contribution >= 0.6 is 24.2 Å². The van der Waals surface area contributed by atoms with Gasteiger partial charge in [-0.2, -0.15) is 0 Å². The molecule has 2 N–H and O–H groups in total. The molecule has 1 unspecified atom stereocenters. The molecule has 3 fully saturated rings. The van der Waals surface area contributed by atoms with E-state index in [-0.39, 0.29) is 35.7 Å². The minimum Gasteiger partial charge on any atom is -0.347 e. The summed E-state index contributed by atoms with van der Waals surface area (Å²) < 4.78 is 0. The molecule has 1 saturated heterocycles. The number of hydrogen-bond donors (Lipinski definition) is 2. The minimum absolute atomic E-state index is 0. The van der Waals surface area contributed by atoms with Gasteiger partial charge in [0.05, 0.1) is 0 Å². The van der Waals surface area contributed by atoms with E-state index in [0.717, 1.165) is 63.5 Å². The van der Waals surface area contributed by atoms with Gasteiger partial charge in [0.1, 0.15) is 6.04 Å². The monoisotopic (exact) mass is 472 g/mol. The molecule has 1 heterocycles. The van der Waals surface area contributed by atoms with Gasteiger partial charge in [-0.1, -0.05) is 50.3 Å². The molecular weight excluding hydrogens is 436 g/mol. The molecule has 3 rings (SSSR count).